The van der Waals surface area contributed by atoms with E-state index in [4.69, 9.17) is 0 Å². The first-order valence-corrected chi connectivity index (χ1v) is 3.42. The number of aliphatic hydroxyl groups is 1. The minimum Gasteiger partial charge on any atom is -0.371 e. The molecule has 4 nitrogen and oxygen atoms in total. The number of hydrogen-bond acceptors (Lipinski definition) is 2. The van der Waals surface area contributed by atoms with E-state index in [0.717, 1.165) is 0 Å². The fourth-order valence-corrected chi connectivity index (χ4v) is 1.22. The number of amides is 1. The minimum absolute atomic E-state index is 0.125. The maximum Gasteiger partial charge on any atom is 0.268 e. The molecule has 0 saturated heterocycles. The zero-order valence-corrected chi connectivity index (χ0v) is 5.82. The number of fused-ring (bicyclic) bond motifs is 1. The third kappa shape index (κ3) is 0.832. The Morgan fingerprint density at radius 2 is 2.55 bits per heavy atom. The Morgan fingerprint density at radius 1 is 1.73 bits per heavy atom. The van der Waals surface area contributed by atoms with Crippen LogP contribution in [0.1, 0.15) is 16.7 Å². The molecule has 0 aliphatic carbocycles. The van der Waals surface area contributed by atoms with Gasteiger partial charge in [-0.3, -0.25) is 4.79 Å². The van der Waals surface area contributed by atoms with Crippen molar-refractivity contribution in [2.45, 2.75) is 6.23 Å². The molecule has 2 rings (SSSR count). The molecule has 1 aromatic rings. The Balaban J connectivity index is 2.51. The molecule has 0 fully saturated rings. The lowest BCUT2D eigenvalue weighted by Crippen LogP contribution is -2.38. The van der Waals surface area contributed by atoms with Crippen LogP contribution in [-0.2, 0) is 0 Å². The summed E-state index contributed by atoms with van der Waals surface area (Å²) >= 11 is 0. The van der Waals surface area contributed by atoms with Crippen molar-refractivity contribution in [3.8, 4) is 0 Å². The molecular formula is C7H8N2O2. The predicted octanol–water partition coefficient (Wildman–Crippen LogP) is -0.278. The highest BCUT2D eigenvalue weighted by Gasteiger charge is 2.21. The van der Waals surface area contributed by atoms with E-state index in [2.05, 4.69) is 5.32 Å². The standard InChI is InChI=1S/C7H8N2O2/c10-6-4-8-7(11)5-2-1-3-9(5)6/h1-3,6,10H,4H2,(H,8,11)/t6-/m1/s1. The number of carbonyl (C=O) groups excluding carboxylic acids is 1. The predicted molar refractivity (Wildman–Crippen MR) is 38.0 cm³/mol. The molecule has 2 heterocycles. The molecule has 1 atom stereocenters. The Labute approximate surface area is 63.4 Å². The number of aliphatic hydroxyl groups excluding tert-OH is 1. The van der Waals surface area contributed by atoms with Gasteiger partial charge in [0.25, 0.3) is 5.91 Å². The van der Waals surface area contributed by atoms with Crippen LogP contribution in [0.4, 0.5) is 0 Å². The maximum absolute atomic E-state index is 11.0. The lowest BCUT2D eigenvalue weighted by molar-refractivity contribution is 0.0664. The smallest absolute Gasteiger partial charge is 0.268 e. The van der Waals surface area contributed by atoms with Gasteiger partial charge in [0.2, 0.25) is 0 Å². The summed E-state index contributed by atoms with van der Waals surface area (Å²) in [6, 6.07) is 3.42. The molecule has 4 heteroatoms. The number of hydrogen-bond donors (Lipinski definition) is 2. The van der Waals surface area contributed by atoms with Crippen molar-refractivity contribution in [3.05, 3.63) is 24.0 Å². The molecule has 0 aromatic carbocycles. The number of aromatic nitrogens is 1. The number of rotatable bonds is 0. The number of nitrogens with one attached hydrogen (secondary N) is 1. The van der Waals surface area contributed by atoms with Gasteiger partial charge >= 0.3 is 0 Å². The summed E-state index contributed by atoms with van der Waals surface area (Å²) in [5.74, 6) is -0.125. The monoisotopic (exact) mass is 152 g/mol. The summed E-state index contributed by atoms with van der Waals surface area (Å²) in [5.41, 5.74) is 0.517. The minimum atomic E-state index is -0.613. The molecule has 1 aliphatic heterocycles. The van der Waals surface area contributed by atoms with Gasteiger partial charge in [-0.15, -0.1) is 0 Å². The molecular weight excluding hydrogens is 144 g/mol. The van der Waals surface area contributed by atoms with E-state index in [0.29, 0.717) is 12.2 Å². The molecule has 0 unspecified atom stereocenters. The largest absolute Gasteiger partial charge is 0.371 e. The van der Waals surface area contributed by atoms with Crippen LogP contribution in [0.5, 0.6) is 0 Å². The van der Waals surface area contributed by atoms with Gasteiger partial charge in [-0.1, -0.05) is 0 Å². The van der Waals surface area contributed by atoms with E-state index in [1.165, 1.54) is 0 Å². The Kier molecular flexibility index (Phi) is 1.22. The molecule has 0 radical (unpaired) electrons. The van der Waals surface area contributed by atoms with E-state index in [1.807, 2.05) is 0 Å². The lowest BCUT2D eigenvalue weighted by atomic mass is 10.3. The summed E-state index contributed by atoms with van der Waals surface area (Å²) < 4.78 is 1.55. The van der Waals surface area contributed by atoms with Crippen LogP contribution in [0.2, 0.25) is 0 Å². The van der Waals surface area contributed by atoms with Gasteiger partial charge < -0.3 is 15.0 Å². The van der Waals surface area contributed by atoms with Crippen molar-refractivity contribution < 1.29 is 9.90 Å². The molecule has 1 amide bonds. The van der Waals surface area contributed by atoms with Crippen molar-refractivity contribution in [2.75, 3.05) is 6.54 Å². The van der Waals surface area contributed by atoms with Crippen molar-refractivity contribution in [3.63, 3.8) is 0 Å². The average Bonchev–Trinajstić information content (AvgIpc) is 2.45. The zero-order valence-electron chi connectivity index (χ0n) is 5.82. The second-order valence-corrected chi connectivity index (χ2v) is 2.49. The lowest BCUT2D eigenvalue weighted by Gasteiger charge is -2.21. The van der Waals surface area contributed by atoms with Crippen molar-refractivity contribution in [1.29, 1.82) is 0 Å². The second kappa shape index (κ2) is 2.10. The number of carbonyl (C=O) groups is 1. The first-order chi connectivity index (χ1) is 5.29. The van der Waals surface area contributed by atoms with E-state index in [-0.39, 0.29) is 5.91 Å². The SMILES string of the molecule is O=C1NC[C@@H](O)n2cccc21. The quantitative estimate of drug-likeness (QED) is 0.537. The third-order valence-corrected chi connectivity index (χ3v) is 1.78. The Morgan fingerprint density at radius 3 is 3.27 bits per heavy atom. The van der Waals surface area contributed by atoms with Gasteiger partial charge in [-0.25, -0.2) is 0 Å². The summed E-state index contributed by atoms with van der Waals surface area (Å²) in [4.78, 5) is 11.0. The molecule has 11 heavy (non-hydrogen) atoms. The van der Waals surface area contributed by atoms with Crippen LogP contribution >= 0.6 is 0 Å². The van der Waals surface area contributed by atoms with Gasteiger partial charge in [0, 0.05) is 6.20 Å². The fraction of sp³-hybridized carbons (Fsp3) is 0.286. The molecule has 0 bridgehead atoms. The van der Waals surface area contributed by atoms with Crippen LogP contribution in [0, 0.1) is 0 Å². The molecule has 0 spiro atoms. The highest BCUT2D eigenvalue weighted by Crippen LogP contribution is 2.12. The first-order valence-electron chi connectivity index (χ1n) is 3.42. The normalized spacial score (nSPS) is 22.6. The fourth-order valence-electron chi connectivity index (χ4n) is 1.22. The Hall–Kier alpha value is -1.29. The van der Waals surface area contributed by atoms with E-state index >= 15 is 0 Å². The number of nitrogens with zero attached hydrogens (tertiary/aromatic N) is 1. The van der Waals surface area contributed by atoms with Gasteiger partial charge in [0.1, 0.15) is 11.9 Å². The van der Waals surface area contributed by atoms with E-state index < -0.39 is 6.23 Å². The summed E-state index contributed by atoms with van der Waals surface area (Å²) in [6.07, 6.45) is 1.08. The zero-order chi connectivity index (χ0) is 7.84. The van der Waals surface area contributed by atoms with Crippen LogP contribution in [-0.4, -0.2) is 22.1 Å². The van der Waals surface area contributed by atoms with Gasteiger partial charge in [-0.05, 0) is 12.1 Å². The first kappa shape index (κ1) is 6.42. The molecule has 1 aliphatic rings. The molecule has 58 valence electrons. The van der Waals surface area contributed by atoms with Crippen LogP contribution in [0.3, 0.4) is 0 Å². The van der Waals surface area contributed by atoms with Crippen LogP contribution in [0.25, 0.3) is 0 Å². The van der Waals surface area contributed by atoms with Gasteiger partial charge in [0.15, 0.2) is 0 Å². The van der Waals surface area contributed by atoms with Gasteiger partial charge in [-0.2, -0.15) is 0 Å². The molecule has 0 saturated carbocycles. The number of β-amino-alcohol motifs (C(OH)–C–C–N with tert-alkyl or cyclic N) is 1. The third-order valence-electron chi connectivity index (χ3n) is 1.78. The maximum atomic E-state index is 11.0. The van der Waals surface area contributed by atoms with Crippen molar-refractivity contribution >= 4 is 5.91 Å². The summed E-state index contributed by atoms with van der Waals surface area (Å²) in [7, 11) is 0. The topological polar surface area (TPSA) is 54.3 Å². The van der Waals surface area contributed by atoms with Crippen molar-refractivity contribution in [2.24, 2.45) is 0 Å². The highest BCUT2D eigenvalue weighted by molar-refractivity contribution is 5.93. The molecule has 1 aromatic heterocycles. The van der Waals surface area contributed by atoms with E-state index in [1.54, 1.807) is 22.9 Å². The highest BCUT2D eigenvalue weighted by atomic mass is 16.3. The van der Waals surface area contributed by atoms with Crippen molar-refractivity contribution in [1.82, 2.24) is 9.88 Å². The summed E-state index contributed by atoms with van der Waals surface area (Å²) in [6.45, 7) is 0.292. The average molecular weight is 152 g/mol. The molecule has 2 N–H and O–H groups in total. The second-order valence-electron chi connectivity index (χ2n) is 2.49. The van der Waals surface area contributed by atoms with E-state index in [9.17, 15) is 9.90 Å². The van der Waals surface area contributed by atoms with Gasteiger partial charge in [0.05, 0.1) is 6.54 Å². The van der Waals surface area contributed by atoms with Crippen LogP contribution < -0.4 is 5.32 Å². The van der Waals surface area contributed by atoms with Crippen LogP contribution in [0.15, 0.2) is 18.3 Å². The Bertz CT molecular complexity index is 292. The summed E-state index contributed by atoms with van der Waals surface area (Å²) in [5, 5.41) is 11.9.